The molecule has 2 atom stereocenters. The van der Waals surface area contributed by atoms with E-state index in [1.54, 1.807) is 35.4 Å². The van der Waals surface area contributed by atoms with Crippen molar-refractivity contribution < 1.29 is 23.5 Å². The molecule has 10 heteroatoms. The van der Waals surface area contributed by atoms with Crippen LogP contribution in [0.1, 0.15) is 28.4 Å². The smallest absolute Gasteiger partial charge is 0.254 e. The van der Waals surface area contributed by atoms with Crippen LogP contribution < -0.4 is 4.74 Å². The lowest BCUT2D eigenvalue weighted by molar-refractivity contribution is -0.154. The number of carbonyl (C=O) groups is 2. The number of halogens is 1. The minimum Gasteiger partial charge on any atom is -0.493 e. The number of piperazine rings is 1. The molecule has 2 amide bonds. The molecule has 1 aromatic carbocycles. The zero-order chi connectivity index (χ0) is 23.8. The van der Waals surface area contributed by atoms with E-state index >= 15 is 0 Å². The fourth-order valence-corrected chi connectivity index (χ4v) is 4.74. The fraction of sp³-hybridized carbons (Fsp3) is 0.417. The van der Waals surface area contributed by atoms with Gasteiger partial charge in [0.2, 0.25) is 5.91 Å². The van der Waals surface area contributed by atoms with Crippen molar-refractivity contribution in [1.82, 2.24) is 19.8 Å². The van der Waals surface area contributed by atoms with Crippen LogP contribution in [-0.4, -0.2) is 77.6 Å². The highest BCUT2D eigenvalue weighted by Crippen LogP contribution is 2.32. The normalized spacial score (nSPS) is 19.8. The third kappa shape index (κ3) is 4.10. The van der Waals surface area contributed by atoms with Crippen molar-refractivity contribution in [2.24, 2.45) is 0 Å². The Morgan fingerprint density at radius 2 is 2.12 bits per heavy atom. The summed E-state index contributed by atoms with van der Waals surface area (Å²) in [5.74, 6) is 0.603. The summed E-state index contributed by atoms with van der Waals surface area (Å²) < 4.78 is 16.7. The second kappa shape index (κ2) is 9.23. The van der Waals surface area contributed by atoms with Gasteiger partial charge in [-0.15, -0.1) is 0 Å². The number of aromatic nitrogens is 2. The highest BCUT2D eigenvalue weighted by molar-refractivity contribution is 6.30. The summed E-state index contributed by atoms with van der Waals surface area (Å²) in [6, 6.07) is 6.28. The second-order valence-corrected chi connectivity index (χ2v) is 8.94. The topological polar surface area (TPSA) is 98.0 Å². The number of pyridine rings is 1. The van der Waals surface area contributed by atoms with Crippen molar-refractivity contribution >= 4 is 34.5 Å². The third-order valence-corrected chi connectivity index (χ3v) is 6.66. The Balaban J connectivity index is 1.41. The monoisotopic (exact) mass is 484 g/mol. The molecular formula is C24H25ClN4O5. The molecule has 0 N–H and O–H groups in total. The van der Waals surface area contributed by atoms with Gasteiger partial charge >= 0.3 is 0 Å². The molecular weight excluding hydrogens is 460 g/mol. The van der Waals surface area contributed by atoms with Gasteiger partial charge in [-0.2, -0.15) is 0 Å². The first-order chi connectivity index (χ1) is 16.5. The number of amides is 2. The third-order valence-electron chi connectivity index (χ3n) is 6.42. The Labute approximate surface area is 201 Å². The summed E-state index contributed by atoms with van der Waals surface area (Å²) in [4.78, 5) is 38.7. The van der Waals surface area contributed by atoms with E-state index in [4.69, 9.17) is 25.5 Å². The molecule has 2 aliphatic heterocycles. The van der Waals surface area contributed by atoms with E-state index < -0.39 is 6.04 Å². The van der Waals surface area contributed by atoms with Gasteiger partial charge < -0.3 is 23.7 Å². The van der Waals surface area contributed by atoms with E-state index in [2.05, 4.69) is 9.97 Å². The summed E-state index contributed by atoms with van der Waals surface area (Å²) in [5, 5.41) is 0.625. The predicted molar refractivity (Wildman–Crippen MR) is 124 cm³/mol. The van der Waals surface area contributed by atoms with Gasteiger partial charge in [-0.05, 0) is 37.1 Å². The highest BCUT2D eigenvalue weighted by Gasteiger charge is 2.46. The zero-order valence-corrected chi connectivity index (χ0v) is 19.7. The van der Waals surface area contributed by atoms with Crippen molar-refractivity contribution in [3.63, 3.8) is 0 Å². The molecule has 2 aliphatic rings. The van der Waals surface area contributed by atoms with Crippen LogP contribution in [0.3, 0.4) is 0 Å². The Hall–Kier alpha value is -3.17. The number of rotatable bonds is 7. The van der Waals surface area contributed by atoms with Gasteiger partial charge in [0.25, 0.3) is 5.91 Å². The number of aryl methyl sites for hydroxylation is 2. The highest BCUT2D eigenvalue weighted by atomic mass is 35.5. The van der Waals surface area contributed by atoms with Crippen molar-refractivity contribution in [3.8, 4) is 5.75 Å². The molecule has 34 heavy (non-hydrogen) atoms. The zero-order valence-electron chi connectivity index (χ0n) is 19.0. The number of hydrogen-bond donors (Lipinski definition) is 0. The van der Waals surface area contributed by atoms with Crippen LogP contribution in [0, 0.1) is 0 Å². The van der Waals surface area contributed by atoms with Crippen LogP contribution >= 0.6 is 11.6 Å². The summed E-state index contributed by atoms with van der Waals surface area (Å²) in [7, 11) is 3.05. The van der Waals surface area contributed by atoms with Crippen molar-refractivity contribution in [2.75, 3.05) is 33.9 Å². The van der Waals surface area contributed by atoms with Gasteiger partial charge in [0.1, 0.15) is 11.6 Å². The van der Waals surface area contributed by atoms with Gasteiger partial charge in [-0.1, -0.05) is 11.6 Å². The molecule has 2 fully saturated rings. The Morgan fingerprint density at radius 1 is 1.26 bits per heavy atom. The molecule has 0 aliphatic carbocycles. The van der Waals surface area contributed by atoms with Gasteiger partial charge in [-0.3, -0.25) is 14.6 Å². The van der Waals surface area contributed by atoms with Gasteiger partial charge in [0.15, 0.2) is 17.2 Å². The molecule has 0 bridgehead atoms. The predicted octanol–water partition coefficient (Wildman–Crippen LogP) is 2.74. The summed E-state index contributed by atoms with van der Waals surface area (Å²) in [6.45, 7) is 1.37. The van der Waals surface area contributed by atoms with Crippen LogP contribution in [-0.2, 0) is 22.4 Å². The van der Waals surface area contributed by atoms with Crippen LogP contribution in [0.5, 0.6) is 5.75 Å². The van der Waals surface area contributed by atoms with Gasteiger partial charge in [-0.25, -0.2) is 4.98 Å². The Kier molecular flexibility index (Phi) is 6.14. The minimum absolute atomic E-state index is 0.0638. The van der Waals surface area contributed by atoms with Crippen molar-refractivity contribution in [3.05, 3.63) is 52.6 Å². The maximum absolute atomic E-state index is 13.5. The standard InChI is InChI=1S/C24H25ClN4O5/c1-32-13-19-24(31)28-8-6-17(28)12-29(19)23(30)14-9-18-22(20(10-14)33-2)34-21(27-18)4-3-16-11-15(25)5-7-26-16/h5,7,9-11,17,19H,3-4,6,8,12-13H2,1-2H3. The molecule has 4 heterocycles. The first-order valence-corrected chi connectivity index (χ1v) is 11.5. The van der Waals surface area contributed by atoms with Crippen LogP contribution in [0.4, 0.5) is 0 Å². The van der Waals surface area contributed by atoms with E-state index in [0.29, 0.717) is 52.7 Å². The van der Waals surface area contributed by atoms with E-state index in [1.165, 1.54) is 14.2 Å². The lowest BCUT2D eigenvalue weighted by atomic mass is 9.95. The van der Waals surface area contributed by atoms with E-state index in [9.17, 15) is 9.59 Å². The van der Waals surface area contributed by atoms with E-state index in [-0.39, 0.29) is 24.5 Å². The number of nitrogens with zero attached hydrogens (tertiary/aromatic N) is 4. The number of methoxy groups -OCH3 is 2. The molecule has 2 unspecified atom stereocenters. The molecule has 2 saturated heterocycles. The summed E-state index contributed by atoms with van der Waals surface area (Å²) in [5.41, 5.74) is 2.22. The lowest BCUT2D eigenvalue weighted by Gasteiger charge is -2.51. The second-order valence-electron chi connectivity index (χ2n) is 8.50. The fourth-order valence-electron chi connectivity index (χ4n) is 4.56. The lowest BCUT2D eigenvalue weighted by Crippen LogP contribution is -2.69. The largest absolute Gasteiger partial charge is 0.493 e. The van der Waals surface area contributed by atoms with Gasteiger partial charge in [0.05, 0.1) is 19.8 Å². The summed E-state index contributed by atoms with van der Waals surface area (Å²) >= 11 is 6.04. The number of fused-ring (bicyclic) bond motifs is 2. The molecule has 0 radical (unpaired) electrons. The molecule has 5 rings (SSSR count). The van der Waals surface area contributed by atoms with E-state index in [0.717, 1.165) is 18.7 Å². The molecule has 3 aromatic rings. The number of ether oxygens (including phenoxy) is 2. The molecule has 9 nitrogen and oxygen atoms in total. The van der Waals surface area contributed by atoms with Crippen LogP contribution in [0.15, 0.2) is 34.9 Å². The quantitative estimate of drug-likeness (QED) is 0.508. The van der Waals surface area contributed by atoms with Crippen molar-refractivity contribution in [1.29, 1.82) is 0 Å². The average molecular weight is 485 g/mol. The Bertz CT molecular complexity index is 1250. The number of benzene rings is 1. The van der Waals surface area contributed by atoms with Crippen LogP contribution in [0.2, 0.25) is 5.02 Å². The maximum atomic E-state index is 13.5. The first-order valence-electron chi connectivity index (χ1n) is 11.2. The van der Waals surface area contributed by atoms with Crippen LogP contribution in [0.25, 0.3) is 11.1 Å². The number of carbonyl (C=O) groups excluding carboxylic acids is 2. The minimum atomic E-state index is -0.645. The molecule has 178 valence electrons. The molecule has 0 saturated carbocycles. The summed E-state index contributed by atoms with van der Waals surface area (Å²) in [6.07, 6.45) is 3.68. The molecule has 0 spiro atoms. The van der Waals surface area contributed by atoms with Crippen molar-refractivity contribution in [2.45, 2.75) is 31.3 Å². The average Bonchev–Trinajstić information content (AvgIpc) is 3.23. The van der Waals surface area contributed by atoms with E-state index in [1.807, 2.05) is 4.90 Å². The SMILES string of the molecule is COCC1C(=O)N2CCC2CN1C(=O)c1cc(OC)c2oc(CCc3cc(Cl)ccn3)nc2c1. The Morgan fingerprint density at radius 3 is 2.82 bits per heavy atom. The number of oxazole rings is 1. The number of hydrogen-bond acceptors (Lipinski definition) is 7. The van der Waals surface area contributed by atoms with Gasteiger partial charge in [0, 0.05) is 49.1 Å². The maximum Gasteiger partial charge on any atom is 0.254 e. The molecule has 2 aromatic heterocycles. The first kappa shape index (κ1) is 22.6.